The molecular formula is C10H16O4. The molecule has 4 heteroatoms. The van der Waals surface area contributed by atoms with E-state index in [9.17, 15) is 9.59 Å². The zero-order chi connectivity index (χ0) is 11.4. The number of carbonyl (C=O) groups excluding carboxylic acids is 2. The minimum Gasteiger partial charge on any atom is -0.457 e. The fraction of sp³-hybridized carbons (Fsp3) is 0.600. The molecule has 0 aliphatic carbocycles. The van der Waals surface area contributed by atoms with E-state index in [1.165, 1.54) is 6.92 Å². The average Bonchev–Trinajstić information content (AvgIpc) is 2.00. The van der Waals surface area contributed by atoms with E-state index in [4.69, 9.17) is 4.74 Å². The standard InChI is InChI=1S/C10H16O4/c1-6-8(11)13-7(2)9(12)14-10(3,4)5/h6-7H,1H2,2-5H3/t7-/m1/s1. The normalized spacial score (nSPS) is 12.9. The molecule has 0 saturated heterocycles. The smallest absolute Gasteiger partial charge is 0.347 e. The lowest BCUT2D eigenvalue weighted by Crippen LogP contribution is -2.32. The third kappa shape index (κ3) is 5.35. The molecule has 1 atom stereocenters. The molecular weight excluding hydrogens is 184 g/mol. The molecule has 0 rings (SSSR count). The fourth-order valence-electron chi connectivity index (χ4n) is 0.655. The van der Waals surface area contributed by atoms with E-state index < -0.39 is 23.6 Å². The molecule has 0 N–H and O–H groups in total. The summed E-state index contributed by atoms with van der Waals surface area (Å²) in [6.07, 6.45) is 0.0978. The maximum absolute atomic E-state index is 11.3. The predicted octanol–water partition coefficient (Wildman–Crippen LogP) is 1.45. The summed E-state index contributed by atoms with van der Waals surface area (Å²) in [7, 11) is 0. The molecule has 0 aromatic heterocycles. The Balaban J connectivity index is 4.13. The lowest BCUT2D eigenvalue weighted by molar-refractivity contribution is -0.172. The molecule has 14 heavy (non-hydrogen) atoms. The van der Waals surface area contributed by atoms with Gasteiger partial charge in [-0.1, -0.05) is 6.58 Å². The van der Waals surface area contributed by atoms with E-state index >= 15 is 0 Å². The minimum atomic E-state index is -0.903. The molecule has 0 aliphatic heterocycles. The van der Waals surface area contributed by atoms with Gasteiger partial charge in [-0.3, -0.25) is 0 Å². The van der Waals surface area contributed by atoms with Crippen molar-refractivity contribution in [1.82, 2.24) is 0 Å². The van der Waals surface area contributed by atoms with Crippen molar-refractivity contribution < 1.29 is 19.1 Å². The molecule has 0 heterocycles. The van der Waals surface area contributed by atoms with Crippen LogP contribution in [0.15, 0.2) is 12.7 Å². The molecule has 0 aromatic carbocycles. The lowest BCUT2D eigenvalue weighted by Gasteiger charge is -2.21. The number of hydrogen-bond acceptors (Lipinski definition) is 4. The molecule has 80 valence electrons. The number of hydrogen-bond donors (Lipinski definition) is 0. The van der Waals surface area contributed by atoms with Crippen LogP contribution in [0.2, 0.25) is 0 Å². The van der Waals surface area contributed by atoms with Crippen molar-refractivity contribution in [2.24, 2.45) is 0 Å². The number of ether oxygens (including phenoxy) is 2. The minimum absolute atomic E-state index is 0.562. The first-order valence-corrected chi connectivity index (χ1v) is 4.32. The van der Waals surface area contributed by atoms with Crippen LogP contribution in [0.1, 0.15) is 27.7 Å². The molecule has 0 spiro atoms. The van der Waals surface area contributed by atoms with Gasteiger partial charge in [-0.2, -0.15) is 0 Å². The second-order valence-corrected chi connectivity index (χ2v) is 3.82. The average molecular weight is 200 g/mol. The summed E-state index contributed by atoms with van der Waals surface area (Å²) in [4.78, 5) is 22.0. The quantitative estimate of drug-likeness (QED) is 0.511. The van der Waals surface area contributed by atoms with Crippen LogP contribution in [0.4, 0.5) is 0 Å². The molecule has 0 unspecified atom stereocenters. The van der Waals surface area contributed by atoms with E-state index in [0.29, 0.717) is 0 Å². The van der Waals surface area contributed by atoms with Crippen LogP contribution in [-0.2, 0) is 19.1 Å². The highest BCUT2D eigenvalue weighted by atomic mass is 16.6. The Morgan fingerprint density at radius 3 is 2.21 bits per heavy atom. The highest BCUT2D eigenvalue weighted by Gasteiger charge is 2.23. The second-order valence-electron chi connectivity index (χ2n) is 3.82. The van der Waals surface area contributed by atoms with E-state index in [0.717, 1.165) is 6.08 Å². The first-order valence-electron chi connectivity index (χ1n) is 4.32. The van der Waals surface area contributed by atoms with Gasteiger partial charge in [0, 0.05) is 6.08 Å². The van der Waals surface area contributed by atoms with Crippen molar-refractivity contribution in [3.63, 3.8) is 0 Å². The SMILES string of the molecule is C=CC(=O)O[C@H](C)C(=O)OC(C)(C)C. The fourth-order valence-corrected chi connectivity index (χ4v) is 0.655. The molecule has 0 bridgehead atoms. The summed E-state index contributed by atoms with van der Waals surface area (Å²) in [6.45, 7) is 9.90. The Kier molecular flexibility index (Phi) is 4.34. The molecule has 0 aromatic rings. The van der Waals surface area contributed by atoms with E-state index in [-0.39, 0.29) is 0 Å². The molecule has 0 fully saturated rings. The number of carbonyl (C=O) groups is 2. The Morgan fingerprint density at radius 1 is 1.36 bits per heavy atom. The van der Waals surface area contributed by atoms with Crippen molar-refractivity contribution in [2.45, 2.75) is 39.4 Å². The Morgan fingerprint density at radius 2 is 1.86 bits per heavy atom. The van der Waals surface area contributed by atoms with Crippen LogP contribution in [0.3, 0.4) is 0 Å². The summed E-state index contributed by atoms with van der Waals surface area (Å²) < 4.78 is 9.67. The van der Waals surface area contributed by atoms with Gasteiger partial charge in [-0.05, 0) is 27.7 Å². The van der Waals surface area contributed by atoms with Crippen LogP contribution in [-0.4, -0.2) is 23.6 Å². The number of rotatable bonds is 3. The van der Waals surface area contributed by atoms with Crippen molar-refractivity contribution >= 4 is 11.9 Å². The third-order valence-corrected chi connectivity index (χ3v) is 1.20. The van der Waals surface area contributed by atoms with Gasteiger partial charge in [-0.25, -0.2) is 9.59 Å². The molecule has 0 aliphatic rings. The van der Waals surface area contributed by atoms with Crippen molar-refractivity contribution in [1.29, 1.82) is 0 Å². The maximum Gasteiger partial charge on any atom is 0.347 e. The topological polar surface area (TPSA) is 52.6 Å². The first-order chi connectivity index (χ1) is 6.26. The largest absolute Gasteiger partial charge is 0.457 e. The monoisotopic (exact) mass is 200 g/mol. The van der Waals surface area contributed by atoms with E-state index in [1.807, 2.05) is 0 Å². The van der Waals surface area contributed by atoms with Crippen LogP contribution in [0.5, 0.6) is 0 Å². The Labute approximate surface area is 83.9 Å². The third-order valence-electron chi connectivity index (χ3n) is 1.20. The molecule has 0 radical (unpaired) electrons. The Hall–Kier alpha value is -1.32. The van der Waals surface area contributed by atoms with Gasteiger partial charge < -0.3 is 9.47 Å². The zero-order valence-corrected chi connectivity index (χ0v) is 8.99. The molecule has 0 saturated carbocycles. The summed E-state index contributed by atoms with van der Waals surface area (Å²) in [5, 5.41) is 0. The Bertz CT molecular complexity index is 237. The van der Waals surface area contributed by atoms with Gasteiger partial charge in [0.2, 0.25) is 0 Å². The van der Waals surface area contributed by atoms with Gasteiger partial charge in [-0.15, -0.1) is 0 Å². The number of esters is 2. The highest BCUT2D eigenvalue weighted by molar-refractivity contribution is 5.85. The van der Waals surface area contributed by atoms with Crippen molar-refractivity contribution in [2.75, 3.05) is 0 Å². The van der Waals surface area contributed by atoms with Gasteiger partial charge in [0.1, 0.15) is 5.60 Å². The summed E-state index contributed by atoms with van der Waals surface area (Å²) in [5.41, 5.74) is -0.577. The van der Waals surface area contributed by atoms with Gasteiger partial charge >= 0.3 is 11.9 Å². The second kappa shape index (κ2) is 4.79. The molecule has 0 amide bonds. The van der Waals surface area contributed by atoms with Gasteiger partial charge in [0.15, 0.2) is 6.10 Å². The summed E-state index contributed by atoms with van der Waals surface area (Å²) in [6, 6.07) is 0. The van der Waals surface area contributed by atoms with E-state index in [2.05, 4.69) is 11.3 Å². The van der Waals surface area contributed by atoms with Gasteiger partial charge in [0.05, 0.1) is 0 Å². The van der Waals surface area contributed by atoms with Crippen LogP contribution in [0, 0.1) is 0 Å². The van der Waals surface area contributed by atoms with Crippen LogP contribution in [0.25, 0.3) is 0 Å². The lowest BCUT2D eigenvalue weighted by atomic mass is 10.2. The predicted molar refractivity (Wildman–Crippen MR) is 51.6 cm³/mol. The van der Waals surface area contributed by atoms with Gasteiger partial charge in [0.25, 0.3) is 0 Å². The molecule has 4 nitrogen and oxygen atoms in total. The summed E-state index contributed by atoms with van der Waals surface area (Å²) in [5.74, 6) is -1.20. The van der Waals surface area contributed by atoms with Crippen LogP contribution < -0.4 is 0 Å². The first kappa shape index (κ1) is 12.7. The zero-order valence-electron chi connectivity index (χ0n) is 8.99. The summed E-state index contributed by atoms with van der Waals surface area (Å²) >= 11 is 0. The van der Waals surface area contributed by atoms with E-state index in [1.54, 1.807) is 20.8 Å². The highest BCUT2D eigenvalue weighted by Crippen LogP contribution is 2.09. The van der Waals surface area contributed by atoms with Crippen molar-refractivity contribution in [3.8, 4) is 0 Å². The maximum atomic E-state index is 11.3. The van der Waals surface area contributed by atoms with Crippen LogP contribution >= 0.6 is 0 Å². The van der Waals surface area contributed by atoms with Crippen molar-refractivity contribution in [3.05, 3.63) is 12.7 Å².